The van der Waals surface area contributed by atoms with Gasteiger partial charge in [0.05, 0.1) is 0 Å². The molecule has 6 nitrogen and oxygen atoms in total. The Morgan fingerprint density at radius 3 is 2.37 bits per heavy atom. The molecule has 1 aromatic rings. The van der Waals surface area contributed by atoms with Crippen LogP contribution in [0.5, 0.6) is 0 Å². The molecule has 1 heterocycles. The van der Waals surface area contributed by atoms with Crippen molar-refractivity contribution in [3.63, 3.8) is 0 Å². The lowest BCUT2D eigenvalue weighted by Gasteiger charge is -2.38. The molecule has 2 aliphatic rings. The molecule has 192 valence electrons. The molecular weight excluding hydrogens is 438 g/mol. The minimum atomic E-state index is -0.0118. The Labute approximate surface area is 211 Å². The van der Waals surface area contributed by atoms with Gasteiger partial charge in [0.15, 0.2) is 0 Å². The first-order valence-electron chi connectivity index (χ1n) is 13.1. The van der Waals surface area contributed by atoms with Crippen LogP contribution in [0.25, 0.3) is 0 Å². The average molecular weight is 482 g/mol. The van der Waals surface area contributed by atoms with E-state index in [0.29, 0.717) is 44.4 Å². The van der Waals surface area contributed by atoms with Gasteiger partial charge in [0.25, 0.3) is 0 Å². The lowest BCUT2D eigenvalue weighted by atomic mass is 9.69. The number of amides is 3. The van der Waals surface area contributed by atoms with Gasteiger partial charge in [0, 0.05) is 52.5 Å². The summed E-state index contributed by atoms with van der Waals surface area (Å²) >= 11 is 0. The van der Waals surface area contributed by atoms with Crippen molar-refractivity contribution < 1.29 is 14.4 Å². The van der Waals surface area contributed by atoms with Crippen LogP contribution in [-0.2, 0) is 20.9 Å². The molecule has 1 N–H and O–H groups in total. The maximum Gasteiger partial charge on any atom is 0.223 e. The molecular formula is C29H43N3O3. The second kappa shape index (κ2) is 12.4. The van der Waals surface area contributed by atoms with Crippen molar-refractivity contribution in [2.24, 2.45) is 29.6 Å². The number of carbonyl (C=O) groups excluding carboxylic acids is 3. The molecule has 3 atom stereocenters. The van der Waals surface area contributed by atoms with Crippen molar-refractivity contribution in [3.8, 4) is 0 Å². The summed E-state index contributed by atoms with van der Waals surface area (Å²) in [4.78, 5) is 41.0. The summed E-state index contributed by atoms with van der Waals surface area (Å²) < 4.78 is 0. The zero-order chi connectivity index (χ0) is 25.5. The third-order valence-corrected chi connectivity index (χ3v) is 8.02. The number of allylic oxidation sites excluding steroid dienone is 1. The Morgan fingerprint density at radius 1 is 1.11 bits per heavy atom. The van der Waals surface area contributed by atoms with E-state index in [1.807, 2.05) is 35.0 Å². The van der Waals surface area contributed by atoms with Crippen LogP contribution >= 0.6 is 0 Å². The normalized spacial score (nSPS) is 23.1. The zero-order valence-corrected chi connectivity index (χ0v) is 22.1. The zero-order valence-electron chi connectivity index (χ0n) is 22.1. The van der Waals surface area contributed by atoms with Crippen LogP contribution < -0.4 is 5.32 Å². The summed E-state index contributed by atoms with van der Waals surface area (Å²) in [7, 11) is 1.89. The summed E-state index contributed by atoms with van der Waals surface area (Å²) in [6, 6.07) is 10.1. The lowest BCUT2D eigenvalue weighted by Crippen LogP contribution is -2.44. The summed E-state index contributed by atoms with van der Waals surface area (Å²) in [5.74, 6) is 1.79. The quantitative estimate of drug-likeness (QED) is 0.564. The maximum absolute atomic E-state index is 13.0. The standard InChI is InChI=1S/C29H43N3O3/c1-20(2)27-16-25(17-28(34)31(5)19-23-9-7-6-8-10-23)21(3)15-26(27)18-30-29(35)24-11-13-32(14-12-24)22(4)33/h6-10,15,20,24-27H,11-14,16-19H2,1-5H3,(H,30,35)/t25-,26-,27-/m0/s1. The molecule has 1 fully saturated rings. The number of carbonyl (C=O) groups is 3. The number of hydrogen-bond acceptors (Lipinski definition) is 3. The summed E-state index contributed by atoms with van der Waals surface area (Å²) in [6.07, 6.45) is 5.28. The number of nitrogens with zero attached hydrogens (tertiary/aromatic N) is 2. The monoisotopic (exact) mass is 481 g/mol. The predicted molar refractivity (Wildman–Crippen MR) is 139 cm³/mol. The highest BCUT2D eigenvalue weighted by Crippen LogP contribution is 2.39. The fourth-order valence-corrected chi connectivity index (χ4v) is 5.64. The van der Waals surface area contributed by atoms with Crippen molar-refractivity contribution >= 4 is 17.7 Å². The van der Waals surface area contributed by atoms with E-state index in [2.05, 4.69) is 44.3 Å². The van der Waals surface area contributed by atoms with Crippen molar-refractivity contribution in [2.75, 3.05) is 26.7 Å². The van der Waals surface area contributed by atoms with E-state index in [4.69, 9.17) is 0 Å². The van der Waals surface area contributed by atoms with Gasteiger partial charge in [0.1, 0.15) is 0 Å². The summed E-state index contributed by atoms with van der Waals surface area (Å²) in [5, 5.41) is 3.21. The van der Waals surface area contributed by atoms with E-state index >= 15 is 0 Å². The smallest absolute Gasteiger partial charge is 0.223 e. The van der Waals surface area contributed by atoms with Crippen LogP contribution in [0, 0.1) is 29.6 Å². The molecule has 1 saturated heterocycles. The molecule has 3 amide bonds. The van der Waals surface area contributed by atoms with Gasteiger partial charge in [-0.3, -0.25) is 14.4 Å². The fraction of sp³-hybridized carbons (Fsp3) is 0.621. The van der Waals surface area contributed by atoms with Crippen LogP contribution in [0.15, 0.2) is 42.0 Å². The highest BCUT2D eigenvalue weighted by atomic mass is 16.2. The Hall–Kier alpha value is -2.63. The van der Waals surface area contributed by atoms with E-state index in [1.54, 1.807) is 6.92 Å². The second-order valence-corrected chi connectivity index (χ2v) is 10.9. The number of piperidine rings is 1. The van der Waals surface area contributed by atoms with Crippen LogP contribution in [0.4, 0.5) is 0 Å². The van der Waals surface area contributed by atoms with E-state index in [0.717, 1.165) is 24.8 Å². The minimum Gasteiger partial charge on any atom is -0.355 e. The molecule has 1 aliphatic heterocycles. The Morgan fingerprint density at radius 2 is 1.77 bits per heavy atom. The SMILES string of the molecule is CC(=O)N1CCC(C(=O)NC[C@@H]2C=C(C)[C@H](CC(=O)N(C)Cc3ccccc3)C[C@H]2C(C)C)CC1. The molecule has 1 aromatic carbocycles. The molecule has 0 radical (unpaired) electrons. The van der Waals surface area contributed by atoms with Crippen molar-refractivity contribution in [1.82, 2.24) is 15.1 Å². The molecule has 1 aliphatic carbocycles. The molecule has 0 spiro atoms. The first-order valence-corrected chi connectivity index (χ1v) is 13.1. The molecule has 35 heavy (non-hydrogen) atoms. The molecule has 0 saturated carbocycles. The van der Waals surface area contributed by atoms with E-state index in [9.17, 15) is 14.4 Å². The summed E-state index contributed by atoms with van der Waals surface area (Å²) in [5.41, 5.74) is 2.40. The molecule has 0 bridgehead atoms. The fourth-order valence-electron chi connectivity index (χ4n) is 5.64. The topological polar surface area (TPSA) is 69.7 Å². The van der Waals surface area contributed by atoms with Crippen molar-refractivity contribution in [1.29, 1.82) is 0 Å². The first kappa shape index (κ1) is 27.0. The minimum absolute atomic E-state index is 0.0118. The Kier molecular flexibility index (Phi) is 9.53. The number of nitrogens with one attached hydrogen (secondary N) is 1. The van der Waals surface area contributed by atoms with Gasteiger partial charge in [-0.25, -0.2) is 0 Å². The van der Waals surface area contributed by atoms with Crippen LogP contribution in [-0.4, -0.2) is 54.2 Å². The van der Waals surface area contributed by atoms with Crippen LogP contribution in [0.3, 0.4) is 0 Å². The van der Waals surface area contributed by atoms with E-state index in [-0.39, 0.29) is 35.5 Å². The van der Waals surface area contributed by atoms with E-state index < -0.39 is 0 Å². The number of hydrogen-bond donors (Lipinski definition) is 1. The second-order valence-electron chi connectivity index (χ2n) is 10.9. The van der Waals surface area contributed by atoms with Crippen LogP contribution in [0.1, 0.15) is 58.9 Å². The van der Waals surface area contributed by atoms with Gasteiger partial charge in [-0.2, -0.15) is 0 Å². The van der Waals surface area contributed by atoms with E-state index in [1.165, 1.54) is 5.57 Å². The first-order chi connectivity index (χ1) is 16.7. The van der Waals surface area contributed by atoms with Gasteiger partial charge >= 0.3 is 0 Å². The number of likely N-dealkylation sites (tertiary alicyclic amines) is 1. The maximum atomic E-state index is 13.0. The third kappa shape index (κ3) is 7.42. The highest BCUT2D eigenvalue weighted by Gasteiger charge is 2.34. The largest absolute Gasteiger partial charge is 0.355 e. The van der Waals surface area contributed by atoms with Crippen LogP contribution in [0.2, 0.25) is 0 Å². The van der Waals surface area contributed by atoms with Gasteiger partial charge in [0.2, 0.25) is 17.7 Å². The predicted octanol–water partition coefficient (Wildman–Crippen LogP) is 4.26. The highest BCUT2D eigenvalue weighted by molar-refractivity contribution is 5.79. The molecule has 3 rings (SSSR count). The molecule has 6 heteroatoms. The number of rotatable bonds is 8. The van der Waals surface area contributed by atoms with Gasteiger partial charge in [-0.15, -0.1) is 0 Å². The van der Waals surface area contributed by atoms with Crippen molar-refractivity contribution in [3.05, 3.63) is 47.5 Å². The number of benzene rings is 1. The summed E-state index contributed by atoms with van der Waals surface area (Å²) in [6.45, 7) is 10.8. The average Bonchev–Trinajstić information content (AvgIpc) is 2.84. The lowest BCUT2D eigenvalue weighted by molar-refractivity contribution is -0.134. The van der Waals surface area contributed by atoms with Crippen molar-refractivity contribution in [2.45, 2.75) is 59.9 Å². The van der Waals surface area contributed by atoms with Gasteiger partial charge in [-0.05, 0) is 55.4 Å². The molecule has 0 aromatic heterocycles. The Bertz CT molecular complexity index is 903. The van der Waals surface area contributed by atoms with Gasteiger partial charge < -0.3 is 15.1 Å². The Balaban J connectivity index is 1.55. The molecule has 0 unspecified atom stereocenters. The van der Waals surface area contributed by atoms with Gasteiger partial charge in [-0.1, -0.05) is 55.8 Å². The third-order valence-electron chi connectivity index (χ3n) is 8.02.